The molecule has 3 heteroatoms. The number of nitrogens with zero attached hydrogens (tertiary/aromatic N) is 1. The summed E-state index contributed by atoms with van der Waals surface area (Å²) in [4.78, 5) is 14.7. The van der Waals surface area contributed by atoms with E-state index in [2.05, 4.69) is 10.3 Å². The molecule has 0 aromatic carbocycles. The number of aliphatic imine (C=N–C) groups is 1. The van der Waals surface area contributed by atoms with Crippen LogP contribution in [0.4, 0.5) is 0 Å². The first-order valence-electron chi connectivity index (χ1n) is 3.79. The van der Waals surface area contributed by atoms with Crippen LogP contribution in [0.2, 0.25) is 0 Å². The molecule has 58 valence electrons. The van der Waals surface area contributed by atoms with Crippen LogP contribution >= 0.6 is 0 Å². The molecule has 0 radical (unpaired) electrons. The van der Waals surface area contributed by atoms with E-state index in [1.54, 1.807) is 0 Å². The first-order chi connectivity index (χ1) is 5.25. The van der Waals surface area contributed by atoms with Gasteiger partial charge in [0.1, 0.15) is 5.82 Å². The van der Waals surface area contributed by atoms with Gasteiger partial charge in [0.2, 0.25) is 5.91 Å². The van der Waals surface area contributed by atoms with Crippen molar-refractivity contribution in [3.05, 3.63) is 11.9 Å². The van der Waals surface area contributed by atoms with E-state index in [1.165, 1.54) is 13.3 Å². The number of nitrogens with one attached hydrogen (secondary N) is 1. The fourth-order valence-electron chi connectivity index (χ4n) is 1.27. The van der Waals surface area contributed by atoms with E-state index in [0.29, 0.717) is 11.8 Å². The highest BCUT2D eigenvalue weighted by Gasteiger charge is 2.36. The van der Waals surface area contributed by atoms with Gasteiger partial charge in [-0.1, -0.05) is 0 Å². The van der Waals surface area contributed by atoms with E-state index in [9.17, 15) is 4.79 Å². The van der Waals surface area contributed by atoms with E-state index in [1.807, 2.05) is 12.3 Å². The average Bonchev–Trinajstić information content (AvgIpc) is 2.63. The summed E-state index contributed by atoms with van der Waals surface area (Å²) < 4.78 is 0. The third-order valence-electron chi connectivity index (χ3n) is 1.97. The number of amides is 1. The predicted octanol–water partition coefficient (Wildman–Crippen LogP) is 0.684. The Labute approximate surface area is 65.2 Å². The molecular formula is C8H10N2O. The highest BCUT2D eigenvalue weighted by Crippen LogP contribution is 2.40. The summed E-state index contributed by atoms with van der Waals surface area (Å²) in [6.07, 6.45) is 5.16. The molecule has 3 nitrogen and oxygen atoms in total. The molecule has 1 N–H and O–H groups in total. The minimum atomic E-state index is -0.0486. The number of carbonyl (C=O) groups excluding carboxylic acids is 1. The van der Waals surface area contributed by atoms with Gasteiger partial charge in [0.15, 0.2) is 0 Å². The molecule has 2 rings (SSSR count). The topological polar surface area (TPSA) is 41.5 Å². The zero-order valence-electron chi connectivity index (χ0n) is 6.37. The molecule has 1 amide bonds. The largest absolute Gasteiger partial charge is 0.311 e. The molecule has 0 bridgehead atoms. The van der Waals surface area contributed by atoms with Gasteiger partial charge < -0.3 is 5.32 Å². The standard InChI is InChI=1S/C8H10N2O/c1-5(11)10-8-3-6-2-7(6)4-9-8/h3-4,6-7H,2H2,1H3,(H,10,11). The Bertz CT molecular complexity index is 255. The van der Waals surface area contributed by atoms with Gasteiger partial charge >= 0.3 is 0 Å². The van der Waals surface area contributed by atoms with Crippen molar-refractivity contribution in [2.45, 2.75) is 13.3 Å². The molecule has 0 aromatic heterocycles. The van der Waals surface area contributed by atoms with Gasteiger partial charge in [-0.2, -0.15) is 0 Å². The van der Waals surface area contributed by atoms with E-state index >= 15 is 0 Å². The molecule has 1 aliphatic carbocycles. The van der Waals surface area contributed by atoms with Crippen molar-refractivity contribution in [1.82, 2.24) is 5.32 Å². The highest BCUT2D eigenvalue weighted by atomic mass is 16.1. The van der Waals surface area contributed by atoms with Crippen molar-refractivity contribution in [3.63, 3.8) is 0 Å². The second-order valence-corrected chi connectivity index (χ2v) is 3.07. The van der Waals surface area contributed by atoms with Gasteiger partial charge in [-0.15, -0.1) is 0 Å². The number of rotatable bonds is 1. The van der Waals surface area contributed by atoms with Crippen LogP contribution in [0.1, 0.15) is 13.3 Å². The van der Waals surface area contributed by atoms with Crippen LogP contribution in [0.25, 0.3) is 0 Å². The van der Waals surface area contributed by atoms with E-state index in [-0.39, 0.29) is 5.91 Å². The van der Waals surface area contributed by atoms with Gasteiger partial charge in [-0.05, 0) is 18.4 Å². The molecule has 1 saturated carbocycles. The van der Waals surface area contributed by atoms with Crippen LogP contribution in [0.3, 0.4) is 0 Å². The van der Waals surface area contributed by atoms with E-state index in [4.69, 9.17) is 0 Å². The molecule has 1 heterocycles. The molecule has 1 fully saturated rings. The second kappa shape index (κ2) is 2.19. The summed E-state index contributed by atoms with van der Waals surface area (Å²) in [6.45, 7) is 1.50. The number of fused-ring (bicyclic) bond motifs is 1. The van der Waals surface area contributed by atoms with Gasteiger partial charge in [-0.3, -0.25) is 4.79 Å². The minimum absolute atomic E-state index is 0.0486. The highest BCUT2D eigenvalue weighted by molar-refractivity contribution is 5.76. The molecule has 2 aliphatic rings. The lowest BCUT2D eigenvalue weighted by Gasteiger charge is -2.04. The van der Waals surface area contributed by atoms with Crippen LogP contribution in [0.5, 0.6) is 0 Å². The smallest absolute Gasteiger partial charge is 0.222 e. The Morgan fingerprint density at radius 2 is 2.55 bits per heavy atom. The SMILES string of the molecule is CC(=O)NC1=CC2CC2C=N1. The van der Waals surface area contributed by atoms with E-state index < -0.39 is 0 Å². The maximum Gasteiger partial charge on any atom is 0.222 e. The molecule has 0 aromatic rings. The van der Waals surface area contributed by atoms with Gasteiger partial charge in [-0.25, -0.2) is 4.99 Å². The van der Waals surface area contributed by atoms with Crippen LogP contribution < -0.4 is 5.32 Å². The quantitative estimate of drug-likeness (QED) is 0.587. The Kier molecular flexibility index (Phi) is 1.31. The Morgan fingerprint density at radius 3 is 3.18 bits per heavy atom. The van der Waals surface area contributed by atoms with Crippen LogP contribution in [-0.4, -0.2) is 12.1 Å². The van der Waals surface area contributed by atoms with Gasteiger partial charge in [0.05, 0.1) is 0 Å². The molecule has 11 heavy (non-hydrogen) atoms. The normalized spacial score (nSPS) is 32.3. The minimum Gasteiger partial charge on any atom is -0.311 e. The Hall–Kier alpha value is -1.12. The van der Waals surface area contributed by atoms with Crippen molar-refractivity contribution in [3.8, 4) is 0 Å². The number of hydrogen-bond acceptors (Lipinski definition) is 2. The Balaban J connectivity index is 2.04. The molecule has 2 atom stereocenters. The van der Waals surface area contributed by atoms with E-state index in [0.717, 1.165) is 5.82 Å². The van der Waals surface area contributed by atoms with Crippen LogP contribution in [0.15, 0.2) is 16.9 Å². The fourth-order valence-corrected chi connectivity index (χ4v) is 1.27. The first kappa shape index (κ1) is 6.58. The summed E-state index contributed by atoms with van der Waals surface area (Å²) in [5.74, 6) is 1.98. The number of carbonyl (C=O) groups is 1. The Morgan fingerprint density at radius 1 is 1.73 bits per heavy atom. The third-order valence-corrected chi connectivity index (χ3v) is 1.97. The van der Waals surface area contributed by atoms with Crippen molar-refractivity contribution >= 4 is 12.1 Å². The predicted molar refractivity (Wildman–Crippen MR) is 42.0 cm³/mol. The van der Waals surface area contributed by atoms with Crippen LogP contribution in [-0.2, 0) is 4.79 Å². The van der Waals surface area contributed by atoms with Crippen molar-refractivity contribution in [2.75, 3.05) is 0 Å². The summed E-state index contributed by atoms with van der Waals surface area (Å²) >= 11 is 0. The third kappa shape index (κ3) is 1.31. The summed E-state index contributed by atoms with van der Waals surface area (Å²) in [6, 6.07) is 0. The molecular weight excluding hydrogens is 140 g/mol. The lowest BCUT2D eigenvalue weighted by Crippen LogP contribution is -2.19. The lowest BCUT2D eigenvalue weighted by atomic mass is 10.3. The zero-order valence-corrected chi connectivity index (χ0v) is 6.37. The fraction of sp³-hybridized carbons (Fsp3) is 0.500. The van der Waals surface area contributed by atoms with Crippen molar-refractivity contribution in [1.29, 1.82) is 0 Å². The maximum atomic E-state index is 10.6. The van der Waals surface area contributed by atoms with Gasteiger partial charge in [0, 0.05) is 19.1 Å². The van der Waals surface area contributed by atoms with Crippen molar-refractivity contribution in [2.24, 2.45) is 16.8 Å². The summed E-state index contributed by atoms with van der Waals surface area (Å²) in [5, 5.41) is 2.66. The molecule has 2 unspecified atom stereocenters. The molecule has 1 aliphatic heterocycles. The molecule has 0 saturated heterocycles. The lowest BCUT2D eigenvalue weighted by molar-refractivity contribution is -0.118. The first-order valence-corrected chi connectivity index (χ1v) is 3.79. The second-order valence-electron chi connectivity index (χ2n) is 3.07. The van der Waals surface area contributed by atoms with Gasteiger partial charge in [0.25, 0.3) is 0 Å². The number of hydrogen-bond donors (Lipinski definition) is 1. The molecule has 0 spiro atoms. The average molecular weight is 150 g/mol. The monoisotopic (exact) mass is 150 g/mol. The van der Waals surface area contributed by atoms with Crippen molar-refractivity contribution < 1.29 is 4.79 Å². The number of allylic oxidation sites excluding steroid dienone is 1. The summed E-state index contributed by atoms with van der Waals surface area (Å²) in [5.41, 5.74) is 0. The maximum absolute atomic E-state index is 10.6. The zero-order chi connectivity index (χ0) is 7.84. The van der Waals surface area contributed by atoms with Crippen LogP contribution in [0, 0.1) is 11.8 Å². The summed E-state index contributed by atoms with van der Waals surface area (Å²) in [7, 11) is 0.